The average molecular weight is 339 g/mol. The molecule has 0 aliphatic heterocycles. The van der Waals surface area contributed by atoms with E-state index in [9.17, 15) is 4.79 Å². The number of hydrogen-bond donors (Lipinski definition) is 0. The molecule has 0 radical (unpaired) electrons. The van der Waals surface area contributed by atoms with Crippen LogP contribution in [0.2, 0.25) is 0 Å². The molecule has 0 spiro atoms. The molecule has 2 rings (SSSR count). The highest BCUT2D eigenvalue weighted by Gasteiger charge is 2.08. The number of pyridine rings is 1. The van der Waals surface area contributed by atoms with Gasteiger partial charge in [0.1, 0.15) is 0 Å². The number of esters is 1. The normalized spacial score (nSPS) is 11.5. The van der Waals surface area contributed by atoms with Crippen LogP contribution in [0.4, 0.5) is 0 Å². The smallest absolute Gasteiger partial charge is 0.333 e. The maximum atomic E-state index is 11.7. The lowest BCUT2D eigenvalue weighted by Crippen LogP contribution is -2.09. The van der Waals surface area contributed by atoms with Crippen LogP contribution in [0.25, 0.3) is 6.08 Å². The molecule has 0 bridgehead atoms. The van der Waals surface area contributed by atoms with Crippen LogP contribution >= 0.6 is 0 Å². The van der Waals surface area contributed by atoms with E-state index >= 15 is 0 Å². The summed E-state index contributed by atoms with van der Waals surface area (Å²) in [4.78, 5) is 16.0. The summed E-state index contributed by atoms with van der Waals surface area (Å²) in [5, 5.41) is 0. The van der Waals surface area contributed by atoms with Crippen molar-refractivity contribution in [2.24, 2.45) is 0 Å². The predicted octanol–water partition coefficient (Wildman–Crippen LogP) is 4.43. The molecule has 0 saturated carbocycles. The molecule has 0 saturated heterocycles. The third kappa shape index (κ3) is 5.75. The van der Waals surface area contributed by atoms with E-state index in [2.05, 4.69) is 17.1 Å². The molecule has 132 valence electrons. The van der Waals surface area contributed by atoms with E-state index in [0.717, 1.165) is 23.1 Å². The summed E-state index contributed by atoms with van der Waals surface area (Å²) >= 11 is 0. The van der Waals surface area contributed by atoms with Crippen LogP contribution < -0.4 is 4.74 Å². The molecule has 0 N–H and O–H groups in total. The number of carbonyl (C=O) groups excluding carboxylic acids is 1. The Labute approximate surface area is 149 Å². The van der Waals surface area contributed by atoms with Gasteiger partial charge in [-0.05, 0) is 51.0 Å². The summed E-state index contributed by atoms with van der Waals surface area (Å²) in [5.74, 6) is 0.400. The van der Waals surface area contributed by atoms with Gasteiger partial charge < -0.3 is 9.47 Å². The van der Waals surface area contributed by atoms with Gasteiger partial charge in [-0.2, -0.15) is 0 Å². The molecule has 25 heavy (non-hydrogen) atoms. The van der Waals surface area contributed by atoms with Gasteiger partial charge in [0, 0.05) is 23.8 Å². The van der Waals surface area contributed by atoms with E-state index in [1.54, 1.807) is 20.0 Å². The van der Waals surface area contributed by atoms with Gasteiger partial charge >= 0.3 is 5.97 Å². The van der Waals surface area contributed by atoms with Crippen LogP contribution in [0.1, 0.15) is 44.4 Å². The summed E-state index contributed by atoms with van der Waals surface area (Å²) in [6.07, 6.45) is 4.41. The van der Waals surface area contributed by atoms with Gasteiger partial charge in [0.05, 0.1) is 12.7 Å². The Morgan fingerprint density at radius 1 is 1.20 bits per heavy atom. The molecule has 0 aliphatic rings. The highest BCUT2D eigenvalue weighted by atomic mass is 16.5. The van der Waals surface area contributed by atoms with Crippen LogP contribution in [0.3, 0.4) is 0 Å². The van der Waals surface area contributed by atoms with E-state index in [0.29, 0.717) is 18.1 Å². The minimum Gasteiger partial charge on any atom is -0.475 e. The van der Waals surface area contributed by atoms with Crippen molar-refractivity contribution in [2.75, 3.05) is 6.61 Å². The Balaban J connectivity index is 2.11. The Morgan fingerprint density at radius 2 is 1.92 bits per heavy atom. The first-order valence-corrected chi connectivity index (χ1v) is 8.54. The van der Waals surface area contributed by atoms with Crippen molar-refractivity contribution < 1.29 is 14.3 Å². The maximum absolute atomic E-state index is 11.7. The van der Waals surface area contributed by atoms with Crippen LogP contribution in [0.5, 0.6) is 5.88 Å². The summed E-state index contributed by atoms with van der Waals surface area (Å²) in [6, 6.07) is 12.0. The summed E-state index contributed by atoms with van der Waals surface area (Å²) < 4.78 is 10.8. The van der Waals surface area contributed by atoms with Crippen molar-refractivity contribution in [2.45, 2.75) is 40.2 Å². The summed E-state index contributed by atoms with van der Waals surface area (Å²) in [7, 11) is 0. The van der Waals surface area contributed by atoms with Gasteiger partial charge in [-0.1, -0.05) is 30.3 Å². The second-order valence-corrected chi connectivity index (χ2v) is 6.10. The number of ether oxygens (including phenoxy) is 2. The molecule has 1 aromatic carbocycles. The zero-order valence-electron chi connectivity index (χ0n) is 15.3. The van der Waals surface area contributed by atoms with Gasteiger partial charge in [0.25, 0.3) is 0 Å². The molecule has 0 fully saturated rings. The molecule has 0 amide bonds. The highest BCUT2D eigenvalue weighted by Crippen LogP contribution is 2.20. The Morgan fingerprint density at radius 3 is 2.56 bits per heavy atom. The molecule has 4 heteroatoms. The first-order valence-electron chi connectivity index (χ1n) is 8.54. The second kappa shape index (κ2) is 9.02. The molecule has 0 aliphatic carbocycles. The lowest BCUT2D eigenvalue weighted by Gasteiger charge is -2.13. The van der Waals surface area contributed by atoms with Crippen molar-refractivity contribution in [3.63, 3.8) is 0 Å². The van der Waals surface area contributed by atoms with Crippen molar-refractivity contribution in [3.05, 3.63) is 64.9 Å². The lowest BCUT2D eigenvalue weighted by molar-refractivity contribution is -0.138. The zero-order valence-corrected chi connectivity index (χ0v) is 15.3. The second-order valence-electron chi connectivity index (χ2n) is 6.10. The number of rotatable bonds is 7. The summed E-state index contributed by atoms with van der Waals surface area (Å²) in [6.45, 7) is 7.93. The van der Waals surface area contributed by atoms with Gasteiger partial charge in [0.2, 0.25) is 5.88 Å². The standard InChI is InChI=1S/C21H25NO3/c1-5-24-21(23)16(4)13-17-8-10-18(11-9-17)14-19-7-6-12-22-20(19)25-15(2)3/h6-13,15H,5,14H2,1-4H3/b16-13+. The number of benzene rings is 1. The number of carbonyl (C=O) groups is 1. The monoisotopic (exact) mass is 339 g/mol. The Hall–Kier alpha value is -2.62. The molecule has 2 aromatic rings. The first kappa shape index (κ1) is 18.7. The van der Waals surface area contributed by atoms with Crippen LogP contribution in [-0.4, -0.2) is 23.7 Å². The third-order valence-corrected chi connectivity index (χ3v) is 3.55. The average Bonchev–Trinajstić information content (AvgIpc) is 2.58. The number of hydrogen-bond acceptors (Lipinski definition) is 4. The third-order valence-electron chi connectivity index (χ3n) is 3.55. The minimum absolute atomic E-state index is 0.0898. The fraction of sp³-hybridized carbons (Fsp3) is 0.333. The highest BCUT2D eigenvalue weighted by molar-refractivity contribution is 5.92. The number of aromatic nitrogens is 1. The first-order chi connectivity index (χ1) is 12.0. The van der Waals surface area contributed by atoms with E-state index in [1.165, 1.54) is 0 Å². The Kier molecular flexibility index (Phi) is 6.75. The van der Waals surface area contributed by atoms with E-state index < -0.39 is 0 Å². The topological polar surface area (TPSA) is 48.4 Å². The van der Waals surface area contributed by atoms with Gasteiger partial charge in [-0.25, -0.2) is 9.78 Å². The summed E-state index contributed by atoms with van der Waals surface area (Å²) in [5.41, 5.74) is 3.78. The van der Waals surface area contributed by atoms with Crippen LogP contribution in [0.15, 0.2) is 48.2 Å². The fourth-order valence-electron chi connectivity index (χ4n) is 2.39. The number of nitrogens with zero attached hydrogens (tertiary/aromatic N) is 1. The molecule has 1 heterocycles. The molecule has 0 unspecified atom stereocenters. The van der Waals surface area contributed by atoms with E-state index in [1.807, 2.05) is 44.2 Å². The molecule has 4 nitrogen and oxygen atoms in total. The van der Waals surface area contributed by atoms with Crippen molar-refractivity contribution >= 4 is 12.0 Å². The van der Waals surface area contributed by atoms with Crippen LogP contribution in [0, 0.1) is 0 Å². The largest absolute Gasteiger partial charge is 0.475 e. The maximum Gasteiger partial charge on any atom is 0.333 e. The van der Waals surface area contributed by atoms with Crippen molar-refractivity contribution in [1.29, 1.82) is 0 Å². The van der Waals surface area contributed by atoms with Crippen molar-refractivity contribution in [3.8, 4) is 5.88 Å². The molecular weight excluding hydrogens is 314 g/mol. The van der Waals surface area contributed by atoms with Crippen molar-refractivity contribution in [1.82, 2.24) is 4.98 Å². The SMILES string of the molecule is CCOC(=O)/C(C)=C/c1ccc(Cc2cccnc2OC(C)C)cc1. The zero-order chi connectivity index (χ0) is 18.2. The lowest BCUT2D eigenvalue weighted by atomic mass is 10.0. The quantitative estimate of drug-likeness (QED) is 0.553. The Bertz CT molecular complexity index is 733. The molecule has 1 aromatic heterocycles. The van der Waals surface area contributed by atoms with E-state index in [-0.39, 0.29) is 12.1 Å². The van der Waals surface area contributed by atoms with Gasteiger partial charge in [-0.3, -0.25) is 0 Å². The van der Waals surface area contributed by atoms with Gasteiger partial charge in [-0.15, -0.1) is 0 Å². The predicted molar refractivity (Wildman–Crippen MR) is 99.5 cm³/mol. The van der Waals surface area contributed by atoms with E-state index in [4.69, 9.17) is 9.47 Å². The molecular formula is C21H25NO3. The minimum atomic E-state index is -0.280. The van der Waals surface area contributed by atoms with Crippen LogP contribution in [-0.2, 0) is 16.0 Å². The molecule has 0 atom stereocenters. The fourth-order valence-corrected chi connectivity index (χ4v) is 2.39. The van der Waals surface area contributed by atoms with Gasteiger partial charge in [0.15, 0.2) is 0 Å².